The van der Waals surface area contributed by atoms with Crippen molar-refractivity contribution in [1.29, 1.82) is 0 Å². The van der Waals surface area contributed by atoms with E-state index in [-0.39, 0.29) is 13.2 Å². The van der Waals surface area contributed by atoms with Gasteiger partial charge in [0.25, 0.3) is 20.2 Å². The first-order chi connectivity index (χ1) is 9.99. The highest BCUT2D eigenvalue weighted by molar-refractivity contribution is 7.86. The average molecular weight is 364 g/mol. The van der Waals surface area contributed by atoms with Crippen molar-refractivity contribution in [3.05, 3.63) is 0 Å². The van der Waals surface area contributed by atoms with E-state index in [9.17, 15) is 26.4 Å². The molecule has 0 aliphatic rings. The summed E-state index contributed by atoms with van der Waals surface area (Å²) in [5.41, 5.74) is 3.09. The zero-order valence-corrected chi connectivity index (χ0v) is 13.4. The fourth-order valence-corrected chi connectivity index (χ4v) is 1.25. The summed E-state index contributed by atoms with van der Waals surface area (Å²) in [6, 6.07) is 0. The first-order valence-corrected chi connectivity index (χ1v) is 9.25. The van der Waals surface area contributed by atoms with E-state index in [1.54, 1.807) is 11.0 Å². The summed E-state index contributed by atoms with van der Waals surface area (Å²) in [6.45, 7) is -0.159. The maximum Gasteiger partial charge on any atom is 0.432 e. The second-order valence-electron chi connectivity index (χ2n) is 3.76. The van der Waals surface area contributed by atoms with Gasteiger partial charge in [0.2, 0.25) is 0 Å². The van der Waals surface area contributed by atoms with Crippen LogP contribution in [0.5, 0.6) is 0 Å². The largest absolute Gasteiger partial charge is 0.448 e. The number of carbonyl (C=O) groups excluding carboxylic acids is 2. The third-order valence-corrected chi connectivity index (χ3v) is 2.33. The Morgan fingerprint density at radius 3 is 1.36 bits per heavy atom. The average Bonchev–Trinajstić information content (AvgIpc) is 2.36. The Balaban J connectivity index is 3.58. The second-order valence-corrected chi connectivity index (χ2v) is 6.91. The first kappa shape index (κ1) is 20.4. The van der Waals surface area contributed by atoms with E-state index in [1.165, 1.54) is 0 Å². The number of hydrogen-bond donors (Lipinski definition) is 2. The molecule has 0 spiro atoms. The molecule has 2 N–H and O–H groups in total. The Morgan fingerprint density at radius 1 is 0.773 bits per heavy atom. The summed E-state index contributed by atoms with van der Waals surface area (Å²) in [4.78, 5) is 21.8. The first-order valence-electron chi connectivity index (χ1n) is 5.62. The molecule has 0 aliphatic heterocycles. The topological polar surface area (TPSA) is 163 Å². The molecule has 0 unspecified atom stereocenters. The van der Waals surface area contributed by atoms with Crippen LogP contribution < -0.4 is 11.0 Å². The molecule has 22 heavy (non-hydrogen) atoms. The standard InChI is InChI=1S/C8H16N2O10S2/c1-21(13,14)19-9-7(11)17-5-3-4-6-18-8(12)10-20-22(2,15)16/h3-6H2,1-2H3,(H,9,11)(H,10,12). The van der Waals surface area contributed by atoms with Crippen molar-refractivity contribution in [2.75, 3.05) is 25.7 Å². The predicted octanol–water partition coefficient (Wildman–Crippen LogP) is -0.999. The van der Waals surface area contributed by atoms with Gasteiger partial charge in [-0.2, -0.15) is 27.8 Å². The summed E-state index contributed by atoms with van der Waals surface area (Å²) >= 11 is 0. The lowest BCUT2D eigenvalue weighted by molar-refractivity contribution is 0.0904. The van der Waals surface area contributed by atoms with Crippen LogP contribution in [0.1, 0.15) is 12.8 Å². The summed E-state index contributed by atoms with van der Waals surface area (Å²) in [6.07, 6.45) is -0.109. The number of unbranched alkanes of at least 4 members (excludes halogenated alkanes) is 1. The third kappa shape index (κ3) is 14.8. The molecule has 12 nitrogen and oxygen atoms in total. The molecule has 0 aromatic heterocycles. The van der Waals surface area contributed by atoms with Crippen molar-refractivity contribution >= 4 is 32.4 Å². The fourth-order valence-electron chi connectivity index (χ4n) is 0.812. The molecule has 0 aromatic carbocycles. The predicted molar refractivity (Wildman–Crippen MR) is 70.1 cm³/mol. The van der Waals surface area contributed by atoms with Gasteiger partial charge in [-0.25, -0.2) is 9.59 Å². The van der Waals surface area contributed by atoms with E-state index >= 15 is 0 Å². The van der Waals surface area contributed by atoms with Crippen molar-refractivity contribution in [1.82, 2.24) is 11.0 Å². The van der Waals surface area contributed by atoms with E-state index in [2.05, 4.69) is 18.0 Å². The van der Waals surface area contributed by atoms with Gasteiger partial charge in [-0.1, -0.05) is 0 Å². The zero-order chi connectivity index (χ0) is 17.2. The molecule has 0 heterocycles. The van der Waals surface area contributed by atoms with Gasteiger partial charge in [0.1, 0.15) is 0 Å². The quantitative estimate of drug-likeness (QED) is 0.383. The molecule has 130 valence electrons. The van der Waals surface area contributed by atoms with Crippen molar-refractivity contribution in [2.45, 2.75) is 12.8 Å². The highest BCUT2D eigenvalue weighted by atomic mass is 32.2. The molecular weight excluding hydrogens is 348 g/mol. The number of hydroxylamine groups is 2. The number of carbonyl (C=O) groups is 2. The van der Waals surface area contributed by atoms with Crippen LogP contribution in [0.25, 0.3) is 0 Å². The third-order valence-electron chi connectivity index (χ3n) is 1.56. The number of ether oxygens (including phenoxy) is 2. The van der Waals surface area contributed by atoms with Crippen LogP contribution in [0.4, 0.5) is 9.59 Å². The van der Waals surface area contributed by atoms with E-state index in [0.717, 1.165) is 12.5 Å². The molecular formula is C8H16N2O10S2. The summed E-state index contributed by atoms with van der Waals surface area (Å²) in [5, 5.41) is 0. The monoisotopic (exact) mass is 364 g/mol. The molecule has 14 heteroatoms. The number of rotatable bonds is 9. The maximum atomic E-state index is 10.9. The van der Waals surface area contributed by atoms with Crippen LogP contribution in [0.15, 0.2) is 0 Å². The molecule has 0 atom stereocenters. The number of nitrogens with one attached hydrogen (secondary N) is 2. The normalized spacial score (nSPS) is 11.5. The lowest BCUT2D eigenvalue weighted by Gasteiger charge is -2.07. The highest BCUT2D eigenvalue weighted by Gasteiger charge is 2.08. The molecule has 0 aromatic rings. The zero-order valence-electron chi connectivity index (χ0n) is 11.7. The van der Waals surface area contributed by atoms with Crippen LogP contribution in [0.2, 0.25) is 0 Å². The van der Waals surface area contributed by atoms with Gasteiger partial charge in [0.15, 0.2) is 0 Å². The lowest BCUT2D eigenvalue weighted by Crippen LogP contribution is -2.28. The molecule has 0 saturated heterocycles. The SMILES string of the molecule is CS(=O)(=O)ONC(=O)OCCCCOC(=O)NOS(C)(=O)=O. The maximum absolute atomic E-state index is 10.9. The molecule has 0 saturated carbocycles. The second kappa shape index (κ2) is 9.39. The smallest absolute Gasteiger partial charge is 0.432 e. The molecule has 0 aliphatic carbocycles. The van der Waals surface area contributed by atoms with Gasteiger partial charge < -0.3 is 9.47 Å². The Labute approximate surface area is 127 Å². The van der Waals surface area contributed by atoms with Gasteiger partial charge in [0, 0.05) is 0 Å². The highest BCUT2D eigenvalue weighted by Crippen LogP contribution is 1.94. The fraction of sp³-hybridized carbons (Fsp3) is 0.750. The minimum Gasteiger partial charge on any atom is -0.448 e. The van der Waals surface area contributed by atoms with Crippen LogP contribution in [0.3, 0.4) is 0 Å². The minimum absolute atomic E-state index is 0.0796. The summed E-state index contributed by atoms with van der Waals surface area (Å²) in [7, 11) is -7.63. The van der Waals surface area contributed by atoms with Crippen LogP contribution in [-0.2, 0) is 38.3 Å². The molecule has 0 rings (SSSR count). The Hall–Kier alpha value is -1.64. The van der Waals surface area contributed by atoms with Gasteiger partial charge >= 0.3 is 12.2 Å². The van der Waals surface area contributed by atoms with Crippen molar-refractivity contribution in [3.63, 3.8) is 0 Å². The Kier molecular flexibility index (Phi) is 8.69. The van der Waals surface area contributed by atoms with Crippen molar-refractivity contribution < 1.29 is 44.5 Å². The van der Waals surface area contributed by atoms with E-state index < -0.39 is 32.4 Å². The van der Waals surface area contributed by atoms with Crippen molar-refractivity contribution in [2.24, 2.45) is 0 Å². The van der Waals surface area contributed by atoms with Crippen LogP contribution in [0, 0.1) is 0 Å². The Bertz CT molecular complexity index is 518. The molecule has 0 radical (unpaired) electrons. The van der Waals surface area contributed by atoms with Crippen molar-refractivity contribution in [3.8, 4) is 0 Å². The van der Waals surface area contributed by atoms with Crippen LogP contribution >= 0.6 is 0 Å². The van der Waals surface area contributed by atoms with Gasteiger partial charge in [-0.3, -0.25) is 0 Å². The minimum atomic E-state index is -3.82. The molecule has 0 fully saturated rings. The van der Waals surface area contributed by atoms with E-state index in [4.69, 9.17) is 0 Å². The van der Waals surface area contributed by atoms with E-state index in [0.29, 0.717) is 12.8 Å². The van der Waals surface area contributed by atoms with Gasteiger partial charge in [0.05, 0.1) is 25.7 Å². The molecule has 2 amide bonds. The number of amides is 2. The number of hydrogen-bond acceptors (Lipinski definition) is 10. The molecule has 0 bridgehead atoms. The van der Waals surface area contributed by atoms with Gasteiger partial charge in [-0.05, 0) is 12.8 Å². The van der Waals surface area contributed by atoms with Gasteiger partial charge in [-0.15, -0.1) is 8.57 Å². The van der Waals surface area contributed by atoms with E-state index in [1.807, 2.05) is 0 Å². The summed E-state index contributed by atoms with van der Waals surface area (Å²) < 4.78 is 59.1. The lowest BCUT2D eigenvalue weighted by atomic mass is 10.3. The Morgan fingerprint density at radius 2 is 1.09 bits per heavy atom. The summed E-state index contributed by atoms with van der Waals surface area (Å²) in [5.74, 6) is 0. The van der Waals surface area contributed by atoms with Crippen LogP contribution in [-0.4, -0.2) is 54.7 Å².